The van der Waals surface area contributed by atoms with E-state index >= 15 is 0 Å². The van der Waals surface area contributed by atoms with Crippen molar-refractivity contribution in [1.29, 1.82) is 0 Å². The van der Waals surface area contributed by atoms with Crippen LogP contribution in [0.5, 0.6) is 11.5 Å². The highest BCUT2D eigenvalue weighted by atomic mass is 16.5. The van der Waals surface area contributed by atoms with Crippen molar-refractivity contribution in [1.82, 2.24) is 0 Å². The lowest BCUT2D eigenvalue weighted by Gasteiger charge is -2.28. The van der Waals surface area contributed by atoms with Crippen LogP contribution in [-0.2, 0) is 0 Å². The van der Waals surface area contributed by atoms with E-state index in [0.29, 0.717) is 11.7 Å². The molecule has 1 aromatic carbocycles. The average Bonchev–Trinajstić information content (AvgIpc) is 2.81. The van der Waals surface area contributed by atoms with Gasteiger partial charge in [0, 0.05) is 6.42 Å². The van der Waals surface area contributed by atoms with Gasteiger partial charge in [-0.2, -0.15) is 0 Å². The van der Waals surface area contributed by atoms with E-state index in [4.69, 9.17) is 4.74 Å². The molecule has 0 fully saturated rings. The first kappa shape index (κ1) is 20.3. The summed E-state index contributed by atoms with van der Waals surface area (Å²) >= 11 is 0. The number of phenols is 1. The predicted molar refractivity (Wildman–Crippen MR) is 114 cm³/mol. The Labute approximate surface area is 166 Å². The number of hydrogen-bond donors (Lipinski definition) is 1. The minimum Gasteiger partial charge on any atom is -0.507 e. The van der Waals surface area contributed by atoms with Crippen molar-refractivity contribution >= 4 is 5.57 Å². The van der Waals surface area contributed by atoms with Crippen LogP contribution in [0.3, 0.4) is 0 Å². The highest BCUT2D eigenvalue weighted by Crippen LogP contribution is 2.48. The van der Waals surface area contributed by atoms with Crippen LogP contribution >= 0.6 is 0 Å². The number of ether oxygens (including phenoxy) is 1. The summed E-state index contributed by atoms with van der Waals surface area (Å²) in [5.74, 6) is 3.36. The molecule has 0 bridgehead atoms. The molecular weight excluding hydrogens is 332 g/mol. The fourth-order valence-electron chi connectivity index (χ4n) is 5.10. The molecule has 2 unspecified atom stereocenters. The molecule has 150 valence electrons. The van der Waals surface area contributed by atoms with E-state index in [2.05, 4.69) is 33.8 Å². The Morgan fingerprint density at radius 1 is 1.19 bits per heavy atom. The van der Waals surface area contributed by atoms with Gasteiger partial charge in [-0.05, 0) is 79.5 Å². The third-order valence-electron chi connectivity index (χ3n) is 6.52. The normalized spacial score (nSPS) is 20.7. The van der Waals surface area contributed by atoms with E-state index in [0.717, 1.165) is 49.0 Å². The van der Waals surface area contributed by atoms with Crippen LogP contribution in [0, 0.1) is 11.8 Å². The monoisotopic (exact) mass is 370 g/mol. The molecule has 0 saturated carbocycles. The van der Waals surface area contributed by atoms with Crippen molar-refractivity contribution in [3.63, 3.8) is 0 Å². The third-order valence-corrected chi connectivity index (χ3v) is 6.52. The Hall–Kier alpha value is -1.44. The van der Waals surface area contributed by atoms with Crippen molar-refractivity contribution in [3.05, 3.63) is 28.8 Å². The molecule has 2 heteroatoms. The standard InChI is InChI=1S/C25H38O2/c1-5-7-8-19(6-2)21-15-23(26)25-22-14-18(13-17(3)4)9-10-20(22)11-12-27-24(25)16-21/h15-19,26H,5-14H2,1-4H3. The zero-order valence-electron chi connectivity index (χ0n) is 17.8. The molecule has 27 heavy (non-hydrogen) atoms. The second-order valence-corrected chi connectivity index (χ2v) is 9.08. The molecular formula is C25H38O2. The molecule has 0 radical (unpaired) electrons. The minimum atomic E-state index is 0.442. The van der Waals surface area contributed by atoms with Gasteiger partial charge >= 0.3 is 0 Å². The van der Waals surface area contributed by atoms with Crippen LogP contribution in [0.25, 0.3) is 5.57 Å². The number of aromatic hydroxyl groups is 1. The first-order chi connectivity index (χ1) is 13.0. The van der Waals surface area contributed by atoms with Crippen LogP contribution in [-0.4, -0.2) is 11.7 Å². The van der Waals surface area contributed by atoms with E-state index in [1.165, 1.54) is 55.2 Å². The Balaban J connectivity index is 1.94. The number of benzene rings is 1. The van der Waals surface area contributed by atoms with Gasteiger partial charge in [0.1, 0.15) is 11.5 Å². The molecule has 2 aliphatic rings. The first-order valence-electron chi connectivity index (χ1n) is 11.2. The smallest absolute Gasteiger partial charge is 0.130 e. The maximum Gasteiger partial charge on any atom is 0.130 e. The van der Waals surface area contributed by atoms with Crippen molar-refractivity contribution in [2.75, 3.05) is 6.61 Å². The van der Waals surface area contributed by atoms with E-state index < -0.39 is 0 Å². The number of fused-ring (bicyclic) bond motifs is 2. The van der Waals surface area contributed by atoms with Crippen LogP contribution < -0.4 is 4.74 Å². The van der Waals surface area contributed by atoms with Crippen molar-refractivity contribution in [3.8, 4) is 11.5 Å². The molecule has 1 aromatic rings. The van der Waals surface area contributed by atoms with Crippen molar-refractivity contribution in [2.45, 2.75) is 91.4 Å². The molecule has 1 aliphatic heterocycles. The molecule has 1 N–H and O–H groups in total. The fraction of sp³-hybridized carbons (Fsp3) is 0.680. The second kappa shape index (κ2) is 9.17. The van der Waals surface area contributed by atoms with E-state index in [1.54, 1.807) is 0 Å². The summed E-state index contributed by atoms with van der Waals surface area (Å²) in [5.41, 5.74) is 5.17. The first-order valence-corrected chi connectivity index (χ1v) is 11.2. The number of allylic oxidation sites excluding steroid dienone is 1. The molecule has 3 rings (SSSR count). The summed E-state index contributed by atoms with van der Waals surface area (Å²) in [6, 6.07) is 4.27. The van der Waals surface area contributed by atoms with Crippen LogP contribution in [0.1, 0.15) is 103 Å². The lowest BCUT2D eigenvalue weighted by Crippen LogP contribution is -2.12. The zero-order chi connectivity index (χ0) is 19.4. The Morgan fingerprint density at radius 3 is 2.70 bits per heavy atom. The van der Waals surface area contributed by atoms with Gasteiger partial charge in [0.15, 0.2) is 0 Å². The lowest BCUT2D eigenvalue weighted by atomic mass is 9.76. The lowest BCUT2D eigenvalue weighted by molar-refractivity contribution is 0.318. The van der Waals surface area contributed by atoms with Gasteiger partial charge in [-0.15, -0.1) is 0 Å². The summed E-state index contributed by atoms with van der Waals surface area (Å²) < 4.78 is 6.18. The summed E-state index contributed by atoms with van der Waals surface area (Å²) in [4.78, 5) is 0. The maximum absolute atomic E-state index is 11.0. The van der Waals surface area contributed by atoms with Gasteiger partial charge in [-0.3, -0.25) is 0 Å². The zero-order valence-corrected chi connectivity index (χ0v) is 17.8. The Kier molecular flexibility index (Phi) is 6.89. The predicted octanol–water partition coefficient (Wildman–Crippen LogP) is 7.46. The summed E-state index contributed by atoms with van der Waals surface area (Å²) in [6.07, 6.45) is 10.6. The number of hydrogen-bond acceptors (Lipinski definition) is 2. The van der Waals surface area contributed by atoms with Gasteiger partial charge in [0.2, 0.25) is 0 Å². The van der Waals surface area contributed by atoms with Gasteiger partial charge in [0.05, 0.1) is 12.2 Å². The third kappa shape index (κ3) is 4.70. The molecule has 1 heterocycles. The van der Waals surface area contributed by atoms with E-state index in [1.807, 2.05) is 6.07 Å². The van der Waals surface area contributed by atoms with E-state index in [-0.39, 0.29) is 0 Å². The number of rotatable bonds is 7. The molecule has 0 amide bonds. The van der Waals surface area contributed by atoms with Crippen LogP contribution in [0.4, 0.5) is 0 Å². The molecule has 0 spiro atoms. The molecule has 0 saturated heterocycles. The van der Waals surface area contributed by atoms with Gasteiger partial charge in [-0.25, -0.2) is 0 Å². The highest BCUT2D eigenvalue weighted by Gasteiger charge is 2.29. The number of phenolic OH excluding ortho intramolecular Hbond substituents is 1. The average molecular weight is 371 g/mol. The quantitative estimate of drug-likeness (QED) is 0.540. The van der Waals surface area contributed by atoms with Gasteiger partial charge in [0.25, 0.3) is 0 Å². The largest absolute Gasteiger partial charge is 0.507 e. The van der Waals surface area contributed by atoms with Gasteiger partial charge < -0.3 is 9.84 Å². The fourth-order valence-corrected chi connectivity index (χ4v) is 5.10. The van der Waals surface area contributed by atoms with Gasteiger partial charge in [-0.1, -0.05) is 46.1 Å². The van der Waals surface area contributed by atoms with Crippen molar-refractivity contribution < 1.29 is 9.84 Å². The van der Waals surface area contributed by atoms with Crippen molar-refractivity contribution in [2.24, 2.45) is 11.8 Å². The van der Waals surface area contributed by atoms with E-state index in [9.17, 15) is 5.11 Å². The molecule has 1 aliphatic carbocycles. The SMILES string of the molecule is CCCCC(CC)c1cc(O)c2c(c1)OCCC1=C2CC(CC(C)C)CC1. The highest BCUT2D eigenvalue weighted by molar-refractivity contribution is 5.79. The summed E-state index contributed by atoms with van der Waals surface area (Å²) in [7, 11) is 0. The second-order valence-electron chi connectivity index (χ2n) is 9.08. The van der Waals surface area contributed by atoms with Crippen LogP contribution in [0.2, 0.25) is 0 Å². The molecule has 0 aromatic heterocycles. The topological polar surface area (TPSA) is 29.5 Å². The summed E-state index contributed by atoms with van der Waals surface area (Å²) in [5, 5.41) is 11.0. The van der Waals surface area contributed by atoms with Crippen LogP contribution in [0.15, 0.2) is 17.7 Å². The summed E-state index contributed by atoms with van der Waals surface area (Å²) in [6.45, 7) is 9.88. The molecule has 2 nitrogen and oxygen atoms in total. The minimum absolute atomic E-state index is 0.442. The number of unbranched alkanes of at least 4 members (excludes halogenated alkanes) is 1. The maximum atomic E-state index is 11.0. The Bertz CT molecular complexity index is 671. The Morgan fingerprint density at radius 2 is 2.00 bits per heavy atom. The molecule has 2 atom stereocenters.